The number of hydrogen-bond acceptors (Lipinski definition) is 3. The van der Waals surface area contributed by atoms with Crippen LogP contribution in [0.3, 0.4) is 0 Å². The molecule has 1 fully saturated rings. The zero-order valence-corrected chi connectivity index (χ0v) is 7.23. The van der Waals surface area contributed by atoms with E-state index in [1.165, 1.54) is 0 Å². The molecule has 0 aromatic heterocycles. The summed E-state index contributed by atoms with van der Waals surface area (Å²) >= 11 is 0. The van der Waals surface area contributed by atoms with Crippen molar-refractivity contribution in [1.29, 1.82) is 0 Å². The van der Waals surface area contributed by atoms with E-state index in [-0.39, 0.29) is 12.5 Å². The van der Waals surface area contributed by atoms with E-state index in [9.17, 15) is 9.90 Å². The number of aliphatic carboxylic acids is 1. The van der Waals surface area contributed by atoms with Gasteiger partial charge in [0.2, 0.25) is 0 Å². The summed E-state index contributed by atoms with van der Waals surface area (Å²) in [6, 6.07) is -0.174. The maximum absolute atomic E-state index is 10.4. The minimum absolute atomic E-state index is 0.0506. The van der Waals surface area contributed by atoms with Crippen LogP contribution in [0.1, 0.15) is 19.8 Å². The fourth-order valence-corrected chi connectivity index (χ4v) is 1.74. The van der Waals surface area contributed by atoms with Gasteiger partial charge in [0.15, 0.2) is 0 Å². The molecule has 1 saturated heterocycles. The largest absolute Gasteiger partial charge is 0.481 e. The van der Waals surface area contributed by atoms with E-state index in [1.54, 1.807) is 0 Å². The molecule has 70 valence electrons. The standard InChI is InChI=1S/C8H15NO3/c1-2-9-4-3-7(10)6(9)5-8(11)12/h6-7,10H,2-5H2,1H3,(H,11,12)/t6-,7+/m1/s1. The summed E-state index contributed by atoms with van der Waals surface area (Å²) in [6.07, 6.45) is 0.293. The normalized spacial score (nSPS) is 30.8. The second-order valence-electron chi connectivity index (χ2n) is 3.15. The SMILES string of the molecule is CCN1CC[C@H](O)[C@H]1CC(=O)O. The van der Waals surface area contributed by atoms with E-state index in [4.69, 9.17) is 5.11 Å². The van der Waals surface area contributed by atoms with Crippen molar-refractivity contribution in [3.63, 3.8) is 0 Å². The Bertz CT molecular complexity index is 172. The van der Waals surface area contributed by atoms with E-state index in [2.05, 4.69) is 0 Å². The van der Waals surface area contributed by atoms with Gasteiger partial charge in [0.05, 0.1) is 12.5 Å². The van der Waals surface area contributed by atoms with Crippen LogP contribution in [-0.2, 0) is 4.79 Å². The van der Waals surface area contributed by atoms with Crippen molar-refractivity contribution in [1.82, 2.24) is 4.90 Å². The Morgan fingerprint density at radius 1 is 1.67 bits per heavy atom. The lowest BCUT2D eigenvalue weighted by Crippen LogP contribution is -2.36. The van der Waals surface area contributed by atoms with Gasteiger partial charge in [-0.3, -0.25) is 9.69 Å². The van der Waals surface area contributed by atoms with Crippen LogP contribution in [-0.4, -0.2) is 46.3 Å². The van der Waals surface area contributed by atoms with E-state index in [0.29, 0.717) is 6.42 Å². The molecule has 0 amide bonds. The number of hydrogen-bond donors (Lipinski definition) is 2. The molecule has 4 nitrogen and oxygen atoms in total. The maximum atomic E-state index is 10.4. The first-order valence-electron chi connectivity index (χ1n) is 4.29. The van der Waals surface area contributed by atoms with Crippen molar-refractivity contribution in [3.8, 4) is 0 Å². The van der Waals surface area contributed by atoms with Crippen LogP contribution < -0.4 is 0 Å². The van der Waals surface area contributed by atoms with Crippen LogP contribution in [0.2, 0.25) is 0 Å². The van der Waals surface area contributed by atoms with Crippen molar-refractivity contribution in [3.05, 3.63) is 0 Å². The highest BCUT2D eigenvalue weighted by Gasteiger charge is 2.32. The number of likely N-dealkylation sites (tertiary alicyclic amines) is 1. The van der Waals surface area contributed by atoms with E-state index in [1.807, 2.05) is 11.8 Å². The summed E-state index contributed by atoms with van der Waals surface area (Å²) < 4.78 is 0. The third-order valence-corrected chi connectivity index (χ3v) is 2.42. The number of aliphatic hydroxyl groups is 1. The number of rotatable bonds is 3. The van der Waals surface area contributed by atoms with E-state index in [0.717, 1.165) is 13.1 Å². The fraction of sp³-hybridized carbons (Fsp3) is 0.875. The summed E-state index contributed by atoms with van der Waals surface area (Å²) in [5.41, 5.74) is 0. The van der Waals surface area contributed by atoms with Crippen LogP contribution >= 0.6 is 0 Å². The highest BCUT2D eigenvalue weighted by molar-refractivity contribution is 5.67. The molecule has 2 N–H and O–H groups in total. The van der Waals surface area contributed by atoms with Gasteiger partial charge in [-0.05, 0) is 13.0 Å². The molecule has 2 atom stereocenters. The third kappa shape index (κ3) is 1.95. The van der Waals surface area contributed by atoms with Crippen molar-refractivity contribution >= 4 is 5.97 Å². The number of nitrogens with zero attached hydrogens (tertiary/aromatic N) is 1. The molecule has 0 saturated carbocycles. The minimum atomic E-state index is -0.834. The predicted molar refractivity (Wildman–Crippen MR) is 43.9 cm³/mol. The lowest BCUT2D eigenvalue weighted by atomic mass is 10.1. The molecule has 1 aliphatic heterocycles. The molecule has 0 spiro atoms. The fourth-order valence-electron chi connectivity index (χ4n) is 1.74. The molecule has 1 aliphatic rings. The molecule has 0 bridgehead atoms. The molecule has 0 aromatic carbocycles. The van der Waals surface area contributed by atoms with Crippen LogP contribution in [0.4, 0.5) is 0 Å². The molecule has 0 unspecified atom stereocenters. The Labute approximate surface area is 71.8 Å². The van der Waals surface area contributed by atoms with Gasteiger partial charge < -0.3 is 10.2 Å². The van der Waals surface area contributed by atoms with Gasteiger partial charge in [-0.15, -0.1) is 0 Å². The number of carboxylic acids is 1. The molecule has 4 heteroatoms. The van der Waals surface area contributed by atoms with E-state index < -0.39 is 12.1 Å². The van der Waals surface area contributed by atoms with Crippen LogP contribution in [0.15, 0.2) is 0 Å². The average molecular weight is 173 g/mol. The Morgan fingerprint density at radius 2 is 2.33 bits per heavy atom. The van der Waals surface area contributed by atoms with Crippen molar-refractivity contribution < 1.29 is 15.0 Å². The maximum Gasteiger partial charge on any atom is 0.305 e. The van der Waals surface area contributed by atoms with Gasteiger partial charge >= 0.3 is 5.97 Å². The smallest absolute Gasteiger partial charge is 0.305 e. The lowest BCUT2D eigenvalue weighted by molar-refractivity contribution is -0.138. The number of likely N-dealkylation sites (N-methyl/N-ethyl adjacent to an activating group) is 1. The summed E-state index contributed by atoms with van der Waals surface area (Å²) in [7, 11) is 0. The van der Waals surface area contributed by atoms with Crippen LogP contribution in [0.5, 0.6) is 0 Å². The topological polar surface area (TPSA) is 60.8 Å². The Kier molecular flexibility index (Phi) is 3.05. The first-order chi connectivity index (χ1) is 5.65. The molecule has 1 heterocycles. The lowest BCUT2D eigenvalue weighted by Gasteiger charge is -2.22. The highest BCUT2D eigenvalue weighted by atomic mass is 16.4. The van der Waals surface area contributed by atoms with Gasteiger partial charge in [0.1, 0.15) is 0 Å². The second-order valence-corrected chi connectivity index (χ2v) is 3.15. The monoisotopic (exact) mass is 173 g/mol. The molecular formula is C8H15NO3. The molecule has 0 aliphatic carbocycles. The second kappa shape index (κ2) is 3.87. The van der Waals surface area contributed by atoms with Gasteiger partial charge in [0, 0.05) is 12.6 Å². The number of aliphatic hydroxyl groups excluding tert-OH is 1. The highest BCUT2D eigenvalue weighted by Crippen LogP contribution is 2.19. The number of carboxylic acid groups (broad SMARTS) is 1. The van der Waals surface area contributed by atoms with E-state index >= 15 is 0 Å². The zero-order valence-electron chi connectivity index (χ0n) is 7.23. The van der Waals surface area contributed by atoms with Gasteiger partial charge in [-0.2, -0.15) is 0 Å². The first kappa shape index (κ1) is 9.48. The van der Waals surface area contributed by atoms with Crippen LogP contribution in [0.25, 0.3) is 0 Å². The average Bonchev–Trinajstić information content (AvgIpc) is 2.32. The van der Waals surface area contributed by atoms with Gasteiger partial charge in [0.25, 0.3) is 0 Å². The van der Waals surface area contributed by atoms with Crippen molar-refractivity contribution in [2.24, 2.45) is 0 Å². The zero-order chi connectivity index (χ0) is 9.14. The quantitative estimate of drug-likeness (QED) is 0.626. The van der Waals surface area contributed by atoms with Crippen LogP contribution in [0, 0.1) is 0 Å². The van der Waals surface area contributed by atoms with Crippen molar-refractivity contribution in [2.45, 2.75) is 31.9 Å². The Morgan fingerprint density at radius 3 is 2.83 bits per heavy atom. The summed E-state index contributed by atoms with van der Waals surface area (Å²) in [4.78, 5) is 12.4. The predicted octanol–water partition coefficient (Wildman–Crippen LogP) is -0.0838. The summed E-state index contributed by atoms with van der Waals surface area (Å²) in [5.74, 6) is -0.834. The Balaban J connectivity index is 2.51. The molecule has 0 aromatic rings. The summed E-state index contributed by atoms with van der Waals surface area (Å²) in [5, 5.41) is 18.0. The molecule has 12 heavy (non-hydrogen) atoms. The van der Waals surface area contributed by atoms with Crippen molar-refractivity contribution in [2.75, 3.05) is 13.1 Å². The molecular weight excluding hydrogens is 158 g/mol. The molecule has 1 rings (SSSR count). The van der Waals surface area contributed by atoms with Gasteiger partial charge in [-0.25, -0.2) is 0 Å². The number of carbonyl (C=O) groups is 1. The summed E-state index contributed by atoms with van der Waals surface area (Å²) in [6.45, 7) is 3.61. The Hall–Kier alpha value is -0.610. The van der Waals surface area contributed by atoms with Gasteiger partial charge in [-0.1, -0.05) is 6.92 Å². The first-order valence-corrected chi connectivity index (χ1v) is 4.29. The third-order valence-electron chi connectivity index (χ3n) is 2.42. The minimum Gasteiger partial charge on any atom is -0.481 e. The molecule has 0 radical (unpaired) electrons.